The Hall–Kier alpha value is -0.700. The van der Waals surface area contributed by atoms with E-state index in [2.05, 4.69) is 55.8 Å². The summed E-state index contributed by atoms with van der Waals surface area (Å²) in [7, 11) is 1.70. The van der Waals surface area contributed by atoms with E-state index < -0.39 is 0 Å². The Morgan fingerprint density at radius 2 is 1.32 bits per heavy atom. The number of hydrogen-bond donors (Lipinski definition) is 0. The van der Waals surface area contributed by atoms with Crippen LogP contribution >= 0.6 is 15.9 Å². The van der Waals surface area contributed by atoms with E-state index in [0.717, 1.165) is 74.8 Å². The van der Waals surface area contributed by atoms with E-state index in [4.69, 9.17) is 28.4 Å². The summed E-state index contributed by atoms with van der Waals surface area (Å²) in [5.41, 5.74) is 2.14. The molecule has 1 saturated heterocycles. The van der Waals surface area contributed by atoms with Gasteiger partial charge in [-0.1, -0.05) is 75.4 Å². The number of methoxy groups -OCH3 is 1. The van der Waals surface area contributed by atoms with Crippen LogP contribution in [0.5, 0.6) is 5.75 Å². The van der Waals surface area contributed by atoms with Gasteiger partial charge >= 0.3 is 0 Å². The van der Waals surface area contributed by atoms with E-state index in [9.17, 15) is 0 Å². The van der Waals surface area contributed by atoms with Gasteiger partial charge in [0, 0.05) is 37.3 Å². The molecule has 0 aliphatic carbocycles. The summed E-state index contributed by atoms with van der Waals surface area (Å²) in [5, 5.41) is 0.695. The quantitative estimate of drug-likeness (QED) is 0.117. The summed E-state index contributed by atoms with van der Waals surface area (Å²) >= 11 is 3.62. The SMILES string of the molecule is CCCCOC[C@H]1O[C@@H](c2ccc(OC)c(CBr)c2)[C@H](OCCCC)[C@@H](OCCCC)[C@@H]1OCCCC. The molecule has 0 bridgehead atoms. The summed E-state index contributed by atoms with van der Waals surface area (Å²) in [6.07, 6.45) is 7.03. The summed E-state index contributed by atoms with van der Waals surface area (Å²) in [4.78, 5) is 0. The van der Waals surface area contributed by atoms with Gasteiger partial charge in [-0.15, -0.1) is 0 Å². The summed E-state index contributed by atoms with van der Waals surface area (Å²) in [5.74, 6) is 0.857. The molecule has 0 unspecified atom stereocenters. The molecule has 5 atom stereocenters. The maximum atomic E-state index is 6.84. The first-order chi connectivity index (χ1) is 18.1. The highest BCUT2D eigenvalue weighted by atomic mass is 79.9. The van der Waals surface area contributed by atoms with E-state index in [1.807, 2.05) is 6.07 Å². The number of benzene rings is 1. The number of alkyl halides is 1. The molecule has 6 nitrogen and oxygen atoms in total. The third-order valence-electron chi connectivity index (χ3n) is 6.76. The fraction of sp³-hybridized carbons (Fsp3) is 0.800. The van der Waals surface area contributed by atoms with E-state index in [1.165, 1.54) is 0 Å². The summed E-state index contributed by atoms with van der Waals surface area (Å²) in [6, 6.07) is 6.26. The number of halogens is 1. The Labute approximate surface area is 234 Å². The van der Waals surface area contributed by atoms with Gasteiger partial charge < -0.3 is 28.4 Å². The lowest BCUT2D eigenvalue weighted by Gasteiger charge is -2.46. The maximum absolute atomic E-state index is 6.84. The number of ether oxygens (including phenoxy) is 6. The van der Waals surface area contributed by atoms with Crippen LogP contribution in [0.15, 0.2) is 18.2 Å². The lowest BCUT2D eigenvalue weighted by molar-refractivity contribution is -0.268. The topological polar surface area (TPSA) is 55.4 Å². The van der Waals surface area contributed by atoms with Crippen LogP contribution in [0, 0.1) is 0 Å². The molecule has 37 heavy (non-hydrogen) atoms. The lowest BCUT2D eigenvalue weighted by Crippen LogP contribution is -2.58. The Bertz CT molecular complexity index is 717. The van der Waals surface area contributed by atoms with Crippen molar-refractivity contribution in [2.75, 3.05) is 40.1 Å². The van der Waals surface area contributed by atoms with Crippen molar-refractivity contribution >= 4 is 15.9 Å². The number of rotatable bonds is 20. The summed E-state index contributed by atoms with van der Waals surface area (Å²) in [6.45, 7) is 11.9. The molecule has 1 aromatic carbocycles. The van der Waals surface area contributed by atoms with Gasteiger partial charge in [-0.25, -0.2) is 0 Å². The molecule has 7 heteroatoms. The number of hydrogen-bond acceptors (Lipinski definition) is 6. The van der Waals surface area contributed by atoms with Gasteiger partial charge in [0.15, 0.2) is 0 Å². The molecular weight excluding hydrogens is 536 g/mol. The van der Waals surface area contributed by atoms with Crippen LogP contribution in [0.3, 0.4) is 0 Å². The van der Waals surface area contributed by atoms with Crippen LogP contribution in [-0.2, 0) is 29.0 Å². The molecular formula is C30H51BrO6. The molecule has 2 rings (SSSR count). The van der Waals surface area contributed by atoms with Crippen molar-refractivity contribution in [1.82, 2.24) is 0 Å². The van der Waals surface area contributed by atoms with Crippen molar-refractivity contribution in [2.24, 2.45) is 0 Å². The van der Waals surface area contributed by atoms with Crippen molar-refractivity contribution in [3.05, 3.63) is 29.3 Å². The van der Waals surface area contributed by atoms with Gasteiger partial charge in [-0.2, -0.15) is 0 Å². The maximum Gasteiger partial charge on any atom is 0.122 e. The highest BCUT2D eigenvalue weighted by Crippen LogP contribution is 2.39. The largest absolute Gasteiger partial charge is 0.496 e. The molecule has 214 valence electrons. The zero-order valence-corrected chi connectivity index (χ0v) is 25.4. The minimum atomic E-state index is -0.294. The molecule has 1 aliphatic heterocycles. The van der Waals surface area contributed by atoms with Gasteiger partial charge in [0.1, 0.15) is 36.3 Å². The minimum absolute atomic E-state index is 0.242. The molecule has 0 N–H and O–H groups in total. The Balaban J connectivity index is 2.44. The normalized spacial score (nSPS) is 23.9. The first-order valence-electron chi connectivity index (χ1n) is 14.5. The van der Waals surface area contributed by atoms with Crippen molar-refractivity contribution < 1.29 is 28.4 Å². The van der Waals surface area contributed by atoms with Crippen LogP contribution in [0.25, 0.3) is 0 Å². The average molecular weight is 588 g/mol. The van der Waals surface area contributed by atoms with Crippen LogP contribution in [0.2, 0.25) is 0 Å². The van der Waals surface area contributed by atoms with Crippen molar-refractivity contribution in [3.63, 3.8) is 0 Å². The molecule has 1 fully saturated rings. The first kappa shape index (κ1) is 32.5. The zero-order chi connectivity index (χ0) is 26.9. The summed E-state index contributed by atoms with van der Waals surface area (Å²) < 4.78 is 38.2. The van der Waals surface area contributed by atoms with Gasteiger partial charge in [0.05, 0.1) is 13.7 Å². The predicted octanol–water partition coefficient (Wildman–Crippen LogP) is 7.40. The second kappa shape index (κ2) is 19.4. The van der Waals surface area contributed by atoms with E-state index in [-0.39, 0.29) is 30.5 Å². The molecule has 0 amide bonds. The van der Waals surface area contributed by atoms with Crippen LogP contribution in [0.4, 0.5) is 0 Å². The zero-order valence-electron chi connectivity index (χ0n) is 23.8. The van der Waals surface area contributed by atoms with E-state index >= 15 is 0 Å². The van der Waals surface area contributed by atoms with Crippen LogP contribution in [0.1, 0.15) is 96.3 Å². The van der Waals surface area contributed by atoms with Gasteiger partial charge in [-0.3, -0.25) is 0 Å². The van der Waals surface area contributed by atoms with E-state index in [0.29, 0.717) is 31.8 Å². The molecule has 0 aromatic heterocycles. The smallest absolute Gasteiger partial charge is 0.122 e. The fourth-order valence-electron chi connectivity index (χ4n) is 4.51. The average Bonchev–Trinajstić information content (AvgIpc) is 2.92. The fourth-order valence-corrected chi connectivity index (χ4v) is 4.95. The standard InChI is InChI=1S/C30H51BrO6/c1-6-10-16-33-22-26-28(34-17-11-7-2)30(36-19-13-9-4)29(35-18-12-8-3)27(37-26)23-14-15-25(32-5)24(20-23)21-31/h14-15,20,26-30H,6-13,16-19,21-22H2,1-5H3/t26-,27+,28-,29+,30+/m1/s1. The third kappa shape index (κ3) is 10.4. The Morgan fingerprint density at radius 1 is 0.757 bits per heavy atom. The Morgan fingerprint density at radius 3 is 1.89 bits per heavy atom. The lowest BCUT2D eigenvalue weighted by atomic mass is 9.89. The van der Waals surface area contributed by atoms with Gasteiger partial charge in [-0.05, 0) is 43.4 Å². The minimum Gasteiger partial charge on any atom is -0.496 e. The van der Waals surface area contributed by atoms with Crippen molar-refractivity contribution in [1.29, 1.82) is 0 Å². The molecule has 0 saturated carbocycles. The molecule has 0 spiro atoms. The third-order valence-corrected chi connectivity index (χ3v) is 7.36. The monoisotopic (exact) mass is 586 g/mol. The van der Waals surface area contributed by atoms with Gasteiger partial charge in [0.25, 0.3) is 0 Å². The first-order valence-corrected chi connectivity index (χ1v) is 15.6. The van der Waals surface area contributed by atoms with Crippen LogP contribution < -0.4 is 4.74 Å². The van der Waals surface area contributed by atoms with Gasteiger partial charge in [0.2, 0.25) is 0 Å². The second-order valence-electron chi connectivity index (χ2n) is 9.80. The highest BCUT2D eigenvalue weighted by Gasteiger charge is 2.48. The predicted molar refractivity (Wildman–Crippen MR) is 153 cm³/mol. The molecule has 1 aliphatic rings. The Kier molecular flexibility index (Phi) is 17.0. The highest BCUT2D eigenvalue weighted by molar-refractivity contribution is 9.08. The van der Waals surface area contributed by atoms with Crippen molar-refractivity contribution in [2.45, 2.75) is 115 Å². The molecule has 1 aromatic rings. The van der Waals surface area contributed by atoms with Crippen molar-refractivity contribution in [3.8, 4) is 5.75 Å². The van der Waals surface area contributed by atoms with Crippen LogP contribution in [-0.4, -0.2) is 64.6 Å². The number of unbranched alkanes of at least 4 members (excludes halogenated alkanes) is 4. The van der Waals surface area contributed by atoms with E-state index in [1.54, 1.807) is 7.11 Å². The molecule has 0 radical (unpaired) electrons. The molecule has 1 heterocycles. The second-order valence-corrected chi connectivity index (χ2v) is 10.4.